The Hall–Kier alpha value is -0.280. The highest BCUT2D eigenvalue weighted by Crippen LogP contribution is 2.25. The molecule has 0 aromatic heterocycles. The second-order valence-corrected chi connectivity index (χ2v) is 5.15. The molecule has 2 heterocycles. The average molecular weight is 247 g/mol. The fourth-order valence-corrected chi connectivity index (χ4v) is 2.88. The summed E-state index contributed by atoms with van der Waals surface area (Å²) in [4.78, 5) is 14.3. The lowest BCUT2D eigenvalue weighted by atomic mass is 9.91. The molecule has 0 aliphatic carbocycles. The third-order valence-electron chi connectivity index (χ3n) is 3.72. The molecule has 0 aromatic carbocycles. The Morgan fingerprint density at radius 1 is 1.31 bits per heavy atom. The van der Waals surface area contributed by atoms with E-state index in [-0.39, 0.29) is 18.3 Å². The van der Waals surface area contributed by atoms with Gasteiger partial charge in [0.2, 0.25) is 5.91 Å². The topological polar surface area (TPSA) is 32.3 Å². The molecule has 2 aliphatic rings. The van der Waals surface area contributed by atoms with Gasteiger partial charge in [-0.2, -0.15) is 0 Å². The highest BCUT2D eigenvalue weighted by Gasteiger charge is 2.37. The molecule has 0 bridgehead atoms. The van der Waals surface area contributed by atoms with Crippen LogP contribution in [0.2, 0.25) is 0 Å². The van der Waals surface area contributed by atoms with Crippen LogP contribution >= 0.6 is 12.4 Å². The molecule has 1 N–H and O–H groups in total. The van der Waals surface area contributed by atoms with Gasteiger partial charge in [0.05, 0.1) is 5.92 Å². The lowest BCUT2D eigenvalue weighted by molar-refractivity contribution is -0.135. The van der Waals surface area contributed by atoms with Crippen LogP contribution < -0.4 is 5.32 Å². The summed E-state index contributed by atoms with van der Waals surface area (Å²) in [7, 11) is 0. The molecule has 1 amide bonds. The summed E-state index contributed by atoms with van der Waals surface area (Å²) < 4.78 is 0. The van der Waals surface area contributed by atoms with Crippen LogP contribution in [0.15, 0.2) is 0 Å². The first-order chi connectivity index (χ1) is 7.20. The number of likely N-dealkylation sites (tertiary alicyclic amines) is 1. The molecular formula is C12H23ClN2O. The number of carbonyl (C=O) groups excluding carboxylic acids is 1. The molecule has 0 spiro atoms. The zero-order chi connectivity index (χ0) is 10.8. The zero-order valence-electron chi connectivity index (χ0n) is 10.2. The van der Waals surface area contributed by atoms with Crippen molar-refractivity contribution in [1.29, 1.82) is 0 Å². The molecule has 2 rings (SSSR count). The van der Waals surface area contributed by atoms with Crippen LogP contribution in [0.4, 0.5) is 0 Å². The lowest BCUT2D eigenvalue weighted by Crippen LogP contribution is -2.42. The van der Waals surface area contributed by atoms with Gasteiger partial charge in [-0.1, -0.05) is 13.8 Å². The molecule has 2 saturated heterocycles. The van der Waals surface area contributed by atoms with Gasteiger partial charge in [0.1, 0.15) is 0 Å². The van der Waals surface area contributed by atoms with Crippen molar-refractivity contribution in [3.05, 3.63) is 0 Å². The van der Waals surface area contributed by atoms with Crippen molar-refractivity contribution in [3.8, 4) is 0 Å². The van der Waals surface area contributed by atoms with E-state index in [0.29, 0.717) is 17.9 Å². The smallest absolute Gasteiger partial charge is 0.227 e. The van der Waals surface area contributed by atoms with E-state index in [1.165, 1.54) is 12.8 Å². The van der Waals surface area contributed by atoms with Gasteiger partial charge in [-0.25, -0.2) is 0 Å². The Morgan fingerprint density at radius 2 is 1.94 bits per heavy atom. The Labute approximate surface area is 104 Å². The maximum atomic E-state index is 12.2. The van der Waals surface area contributed by atoms with Gasteiger partial charge in [0.25, 0.3) is 0 Å². The normalized spacial score (nSPS) is 29.6. The van der Waals surface area contributed by atoms with Gasteiger partial charge in [0.15, 0.2) is 0 Å². The number of hydrogen-bond donors (Lipinski definition) is 1. The predicted octanol–water partition coefficient (Wildman–Crippen LogP) is 1.66. The van der Waals surface area contributed by atoms with Gasteiger partial charge in [-0.05, 0) is 31.7 Å². The Kier molecular flexibility index (Phi) is 5.06. The summed E-state index contributed by atoms with van der Waals surface area (Å²) in [6.45, 7) is 7.38. The van der Waals surface area contributed by atoms with Crippen LogP contribution in [0.5, 0.6) is 0 Å². The molecule has 2 aliphatic heterocycles. The molecule has 0 aromatic rings. The monoisotopic (exact) mass is 246 g/mol. The van der Waals surface area contributed by atoms with E-state index in [0.717, 1.165) is 26.1 Å². The zero-order valence-corrected chi connectivity index (χ0v) is 11.1. The lowest BCUT2D eigenvalue weighted by Gasteiger charge is -2.26. The highest BCUT2D eigenvalue weighted by molar-refractivity contribution is 5.85. The van der Waals surface area contributed by atoms with E-state index < -0.39 is 0 Å². The highest BCUT2D eigenvalue weighted by atomic mass is 35.5. The Balaban J connectivity index is 0.00000128. The quantitative estimate of drug-likeness (QED) is 0.804. The third-order valence-corrected chi connectivity index (χ3v) is 3.72. The molecule has 4 heteroatoms. The van der Waals surface area contributed by atoms with Crippen LogP contribution in [0, 0.1) is 11.8 Å². The largest absolute Gasteiger partial charge is 0.342 e. The van der Waals surface area contributed by atoms with Gasteiger partial charge >= 0.3 is 0 Å². The Bertz CT molecular complexity index is 239. The fraction of sp³-hybridized carbons (Fsp3) is 0.917. The van der Waals surface area contributed by atoms with Crippen molar-refractivity contribution in [2.75, 3.05) is 19.6 Å². The van der Waals surface area contributed by atoms with Crippen LogP contribution in [0.25, 0.3) is 0 Å². The van der Waals surface area contributed by atoms with Gasteiger partial charge < -0.3 is 10.2 Å². The summed E-state index contributed by atoms with van der Waals surface area (Å²) in [5.41, 5.74) is 0. The standard InChI is InChI=1S/C12H22N2O.ClH/c1-9(2)11-10(5-6-13-11)12(15)14-7-3-4-8-14;/h9-11,13H,3-8H2,1-2H3;1H. The summed E-state index contributed by atoms with van der Waals surface area (Å²) in [5, 5.41) is 3.46. The molecular weight excluding hydrogens is 224 g/mol. The van der Waals surface area contributed by atoms with E-state index in [9.17, 15) is 4.79 Å². The SMILES string of the molecule is CC(C)C1NCCC1C(=O)N1CCCC1.Cl. The van der Waals surface area contributed by atoms with E-state index in [1.54, 1.807) is 0 Å². The fourth-order valence-electron chi connectivity index (χ4n) is 2.88. The first-order valence-corrected chi connectivity index (χ1v) is 6.22. The minimum absolute atomic E-state index is 0. The van der Waals surface area contributed by atoms with Crippen molar-refractivity contribution in [2.24, 2.45) is 11.8 Å². The summed E-state index contributed by atoms with van der Waals surface area (Å²) in [5.74, 6) is 1.20. The minimum atomic E-state index is 0. The van der Waals surface area contributed by atoms with E-state index in [2.05, 4.69) is 24.1 Å². The van der Waals surface area contributed by atoms with Crippen LogP contribution in [-0.4, -0.2) is 36.5 Å². The number of halogens is 1. The molecule has 16 heavy (non-hydrogen) atoms. The van der Waals surface area contributed by atoms with Gasteiger partial charge in [-0.15, -0.1) is 12.4 Å². The number of rotatable bonds is 2. The molecule has 2 unspecified atom stereocenters. The van der Waals surface area contributed by atoms with Crippen molar-refractivity contribution < 1.29 is 4.79 Å². The molecule has 2 atom stereocenters. The predicted molar refractivity (Wildman–Crippen MR) is 67.8 cm³/mol. The second-order valence-electron chi connectivity index (χ2n) is 5.15. The first-order valence-electron chi connectivity index (χ1n) is 6.22. The minimum Gasteiger partial charge on any atom is -0.342 e. The van der Waals surface area contributed by atoms with Crippen LogP contribution in [0.1, 0.15) is 33.1 Å². The molecule has 0 saturated carbocycles. The molecule has 3 nitrogen and oxygen atoms in total. The average Bonchev–Trinajstić information content (AvgIpc) is 2.88. The first kappa shape index (κ1) is 13.8. The van der Waals surface area contributed by atoms with Gasteiger partial charge in [-0.3, -0.25) is 4.79 Å². The Morgan fingerprint density at radius 3 is 2.50 bits per heavy atom. The number of amides is 1. The van der Waals surface area contributed by atoms with Crippen molar-refractivity contribution >= 4 is 18.3 Å². The van der Waals surface area contributed by atoms with Crippen molar-refractivity contribution in [1.82, 2.24) is 10.2 Å². The number of nitrogens with one attached hydrogen (secondary N) is 1. The maximum absolute atomic E-state index is 12.2. The molecule has 2 fully saturated rings. The van der Waals surface area contributed by atoms with Crippen molar-refractivity contribution in [3.63, 3.8) is 0 Å². The van der Waals surface area contributed by atoms with Gasteiger partial charge in [0, 0.05) is 19.1 Å². The van der Waals surface area contributed by atoms with Crippen molar-refractivity contribution in [2.45, 2.75) is 39.2 Å². The van der Waals surface area contributed by atoms with Crippen LogP contribution in [-0.2, 0) is 4.79 Å². The van der Waals surface area contributed by atoms with E-state index in [1.807, 2.05) is 0 Å². The summed E-state index contributed by atoms with van der Waals surface area (Å²) in [6.07, 6.45) is 3.41. The number of hydrogen-bond acceptors (Lipinski definition) is 2. The number of carbonyl (C=O) groups is 1. The summed E-state index contributed by atoms with van der Waals surface area (Å²) in [6, 6.07) is 0.401. The molecule has 0 radical (unpaired) electrons. The maximum Gasteiger partial charge on any atom is 0.227 e. The number of nitrogens with zero attached hydrogens (tertiary/aromatic N) is 1. The van der Waals surface area contributed by atoms with Crippen LogP contribution in [0.3, 0.4) is 0 Å². The second kappa shape index (κ2) is 5.87. The molecule has 94 valence electrons. The third kappa shape index (κ3) is 2.69. The van der Waals surface area contributed by atoms with E-state index >= 15 is 0 Å². The summed E-state index contributed by atoms with van der Waals surface area (Å²) >= 11 is 0. The van der Waals surface area contributed by atoms with E-state index in [4.69, 9.17) is 0 Å².